The van der Waals surface area contributed by atoms with E-state index in [9.17, 15) is 4.79 Å². The fourth-order valence-corrected chi connectivity index (χ4v) is 4.30. The molecule has 2 N–H and O–H groups in total. The highest BCUT2D eigenvalue weighted by Gasteiger charge is 2.24. The number of rotatable bonds is 2. The number of thiophene rings is 1. The van der Waals surface area contributed by atoms with Crippen LogP contribution in [0.25, 0.3) is 16.3 Å². The Morgan fingerprint density at radius 3 is 2.88 bits per heavy atom. The zero-order chi connectivity index (χ0) is 17.4. The van der Waals surface area contributed by atoms with Crippen molar-refractivity contribution in [2.24, 2.45) is 0 Å². The van der Waals surface area contributed by atoms with E-state index < -0.39 is 0 Å². The van der Waals surface area contributed by atoms with E-state index in [0.29, 0.717) is 18.9 Å². The van der Waals surface area contributed by atoms with E-state index in [4.69, 9.17) is 5.73 Å². The van der Waals surface area contributed by atoms with E-state index in [0.717, 1.165) is 27.1 Å². The predicted octanol–water partition coefficient (Wildman–Crippen LogP) is 3.18. The van der Waals surface area contributed by atoms with Crippen molar-refractivity contribution in [1.82, 2.24) is 14.9 Å². The van der Waals surface area contributed by atoms with E-state index in [1.165, 1.54) is 17.5 Å². The number of amides is 1. The van der Waals surface area contributed by atoms with Crippen LogP contribution in [0.2, 0.25) is 0 Å². The Morgan fingerprint density at radius 2 is 2.08 bits per heavy atom. The third-order valence-corrected chi connectivity index (χ3v) is 5.60. The van der Waals surface area contributed by atoms with Crippen molar-refractivity contribution in [3.05, 3.63) is 58.2 Å². The molecular weight excluding hydrogens is 332 g/mol. The summed E-state index contributed by atoms with van der Waals surface area (Å²) < 4.78 is 0. The van der Waals surface area contributed by atoms with Gasteiger partial charge in [-0.05, 0) is 30.5 Å². The lowest BCUT2D eigenvalue weighted by Gasteiger charge is -2.26. The molecule has 2 aromatic heterocycles. The molecule has 25 heavy (non-hydrogen) atoms. The second-order valence-electron chi connectivity index (χ2n) is 6.20. The second-order valence-corrected chi connectivity index (χ2v) is 7.28. The van der Waals surface area contributed by atoms with Crippen molar-refractivity contribution in [1.29, 1.82) is 0 Å². The molecule has 0 aliphatic carbocycles. The van der Waals surface area contributed by atoms with Crippen LogP contribution in [0, 0.1) is 6.92 Å². The van der Waals surface area contributed by atoms with Gasteiger partial charge in [0.15, 0.2) is 0 Å². The summed E-state index contributed by atoms with van der Waals surface area (Å²) in [6, 6.07) is 8.11. The molecule has 1 aliphatic heterocycles. The minimum atomic E-state index is 0.0303. The van der Waals surface area contributed by atoms with Crippen molar-refractivity contribution >= 4 is 39.4 Å². The number of fused-ring (bicyclic) bond motifs is 3. The van der Waals surface area contributed by atoms with E-state index in [1.54, 1.807) is 17.4 Å². The second kappa shape index (κ2) is 6.29. The van der Waals surface area contributed by atoms with Gasteiger partial charge in [0.25, 0.3) is 0 Å². The fraction of sp³-hybridized carbons (Fsp3) is 0.211. The van der Waals surface area contributed by atoms with Crippen molar-refractivity contribution < 1.29 is 4.79 Å². The summed E-state index contributed by atoms with van der Waals surface area (Å²) in [4.78, 5) is 24.9. The molecule has 0 saturated carbocycles. The third kappa shape index (κ3) is 3.00. The predicted molar refractivity (Wildman–Crippen MR) is 101 cm³/mol. The summed E-state index contributed by atoms with van der Waals surface area (Å²) in [5.41, 5.74) is 9.44. The normalized spacial score (nSPS) is 14.2. The summed E-state index contributed by atoms with van der Waals surface area (Å²) in [5, 5.41) is 0.963. The lowest BCUT2D eigenvalue weighted by molar-refractivity contribution is -0.126. The van der Waals surface area contributed by atoms with Gasteiger partial charge in [0, 0.05) is 17.5 Å². The molecule has 3 heterocycles. The lowest BCUT2D eigenvalue weighted by atomic mass is 10.0. The van der Waals surface area contributed by atoms with Gasteiger partial charge in [-0.1, -0.05) is 29.8 Å². The summed E-state index contributed by atoms with van der Waals surface area (Å²) in [5.74, 6) is 0.560. The Morgan fingerprint density at radius 1 is 1.28 bits per heavy atom. The minimum Gasteiger partial charge on any atom is -0.383 e. The number of hydrogen-bond acceptors (Lipinski definition) is 5. The largest absolute Gasteiger partial charge is 0.383 e. The van der Waals surface area contributed by atoms with Crippen LogP contribution in [0.15, 0.2) is 36.7 Å². The topological polar surface area (TPSA) is 72.1 Å². The number of nitrogen functional groups attached to an aromatic ring is 1. The number of aryl methyl sites for hydroxylation is 1. The van der Waals surface area contributed by atoms with Gasteiger partial charge in [-0.2, -0.15) is 0 Å². The van der Waals surface area contributed by atoms with Crippen LogP contribution in [-0.2, 0) is 17.8 Å². The SMILES string of the molecule is Cc1ccc(/C=C/C(=O)N2CCc3c(sc4ncnc(N)c34)C2)cc1. The van der Waals surface area contributed by atoms with Crippen LogP contribution in [-0.4, -0.2) is 27.3 Å². The van der Waals surface area contributed by atoms with Crippen LogP contribution in [0.3, 0.4) is 0 Å². The summed E-state index contributed by atoms with van der Waals surface area (Å²) >= 11 is 1.60. The quantitative estimate of drug-likeness (QED) is 0.721. The highest BCUT2D eigenvalue weighted by atomic mass is 32.1. The molecule has 0 saturated heterocycles. The zero-order valence-electron chi connectivity index (χ0n) is 13.9. The highest BCUT2D eigenvalue weighted by molar-refractivity contribution is 7.19. The van der Waals surface area contributed by atoms with Crippen molar-refractivity contribution in [2.75, 3.05) is 12.3 Å². The fourth-order valence-electron chi connectivity index (χ4n) is 3.09. The monoisotopic (exact) mass is 350 g/mol. The number of benzene rings is 1. The molecular formula is C19H18N4OS. The Kier molecular flexibility index (Phi) is 3.97. The number of carbonyl (C=O) groups is 1. The Hall–Kier alpha value is -2.73. The first-order chi connectivity index (χ1) is 12.1. The summed E-state index contributed by atoms with van der Waals surface area (Å²) in [7, 11) is 0. The van der Waals surface area contributed by atoms with Gasteiger partial charge in [-0.15, -0.1) is 11.3 Å². The first kappa shape index (κ1) is 15.8. The van der Waals surface area contributed by atoms with Crippen LogP contribution in [0.4, 0.5) is 5.82 Å². The number of nitrogens with two attached hydrogens (primary N) is 1. The molecule has 3 aromatic rings. The van der Waals surface area contributed by atoms with Gasteiger partial charge >= 0.3 is 0 Å². The number of hydrogen-bond donors (Lipinski definition) is 1. The van der Waals surface area contributed by atoms with Crippen molar-refractivity contribution in [3.8, 4) is 0 Å². The van der Waals surface area contributed by atoms with E-state index in [-0.39, 0.29) is 5.91 Å². The third-order valence-electron chi connectivity index (χ3n) is 4.47. The van der Waals surface area contributed by atoms with E-state index in [2.05, 4.69) is 9.97 Å². The number of carbonyl (C=O) groups excluding carboxylic acids is 1. The molecule has 0 bridgehead atoms. The molecule has 0 spiro atoms. The maximum absolute atomic E-state index is 12.5. The highest BCUT2D eigenvalue weighted by Crippen LogP contribution is 2.36. The number of anilines is 1. The molecule has 126 valence electrons. The minimum absolute atomic E-state index is 0.0303. The summed E-state index contributed by atoms with van der Waals surface area (Å²) in [6.45, 7) is 3.34. The van der Waals surface area contributed by atoms with Gasteiger partial charge in [-0.3, -0.25) is 4.79 Å². The van der Waals surface area contributed by atoms with Crippen LogP contribution in [0.5, 0.6) is 0 Å². The lowest BCUT2D eigenvalue weighted by Crippen LogP contribution is -2.34. The number of aromatic nitrogens is 2. The van der Waals surface area contributed by atoms with Gasteiger partial charge < -0.3 is 10.6 Å². The zero-order valence-corrected chi connectivity index (χ0v) is 14.7. The van der Waals surface area contributed by atoms with Crippen LogP contribution in [0.1, 0.15) is 21.6 Å². The van der Waals surface area contributed by atoms with E-state index in [1.807, 2.05) is 42.2 Å². The molecule has 5 nitrogen and oxygen atoms in total. The van der Waals surface area contributed by atoms with Gasteiger partial charge in [0.1, 0.15) is 17.0 Å². The van der Waals surface area contributed by atoms with Crippen molar-refractivity contribution in [3.63, 3.8) is 0 Å². The molecule has 0 fully saturated rings. The Bertz CT molecular complexity index is 975. The first-order valence-corrected chi connectivity index (χ1v) is 8.98. The van der Waals surface area contributed by atoms with Crippen molar-refractivity contribution in [2.45, 2.75) is 19.9 Å². The molecule has 0 atom stereocenters. The molecule has 1 aromatic carbocycles. The Balaban J connectivity index is 1.54. The van der Waals surface area contributed by atoms with Crippen LogP contribution < -0.4 is 5.73 Å². The molecule has 6 heteroatoms. The molecule has 1 amide bonds. The van der Waals surface area contributed by atoms with Gasteiger partial charge in [-0.25, -0.2) is 9.97 Å². The Labute approximate surface area is 149 Å². The molecule has 0 unspecified atom stereocenters. The molecule has 4 rings (SSSR count). The average molecular weight is 350 g/mol. The molecule has 1 aliphatic rings. The maximum atomic E-state index is 12.5. The number of nitrogens with zero attached hydrogens (tertiary/aromatic N) is 3. The summed E-state index contributed by atoms with van der Waals surface area (Å²) in [6.07, 6.45) is 5.80. The van der Waals surface area contributed by atoms with Gasteiger partial charge in [0.05, 0.1) is 11.9 Å². The molecule has 0 radical (unpaired) electrons. The smallest absolute Gasteiger partial charge is 0.246 e. The first-order valence-electron chi connectivity index (χ1n) is 8.16. The maximum Gasteiger partial charge on any atom is 0.246 e. The van der Waals surface area contributed by atoms with E-state index >= 15 is 0 Å². The average Bonchev–Trinajstić information content (AvgIpc) is 3.00. The van der Waals surface area contributed by atoms with Gasteiger partial charge in [0.2, 0.25) is 5.91 Å². The standard InChI is InChI=1S/C19H18N4OS/c1-12-2-4-13(5-3-12)6-7-16(24)23-9-8-14-15(10-23)25-19-17(14)18(20)21-11-22-19/h2-7,11H,8-10H2,1H3,(H2,20,21,22)/b7-6+. The van der Waals surface area contributed by atoms with Crippen LogP contribution >= 0.6 is 11.3 Å².